The van der Waals surface area contributed by atoms with Crippen LogP contribution in [0.15, 0.2) is 35.8 Å². The van der Waals surface area contributed by atoms with Gasteiger partial charge in [0.15, 0.2) is 5.96 Å². The van der Waals surface area contributed by atoms with E-state index in [0.29, 0.717) is 18.4 Å². The van der Waals surface area contributed by atoms with Crippen molar-refractivity contribution < 1.29 is 9.90 Å². The molecule has 23 heavy (non-hydrogen) atoms. The van der Waals surface area contributed by atoms with E-state index in [-0.39, 0.29) is 12.3 Å². The second-order valence-corrected chi connectivity index (χ2v) is 6.66. The Hall–Kier alpha value is -2.30. The number of carbonyl (C=O) groups is 1. The van der Waals surface area contributed by atoms with Gasteiger partial charge in [-0.25, -0.2) is 0 Å². The van der Waals surface area contributed by atoms with E-state index in [1.807, 2.05) is 12.1 Å². The average molecular weight is 313 g/mol. The van der Waals surface area contributed by atoms with Gasteiger partial charge < -0.3 is 16.2 Å². The Morgan fingerprint density at radius 1 is 1.61 bits per heavy atom. The van der Waals surface area contributed by atoms with Crippen LogP contribution >= 0.6 is 0 Å². The number of nitrogens with two attached hydrogens (primary N) is 1. The molecule has 1 heterocycles. The van der Waals surface area contributed by atoms with Crippen molar-refractivity contribution in [1.29, 1.82) is 0 Å². The highest BCUT2D eigenvalue weighted by atomic mass is 16.4. The molecule has 2 aliphatic rings. The first-order valence-corrected chi connectivity index (χ1v) is 7.96. The van der Waals surface area contributed by atoms with Crippen LogP contribution < -0.4 is 11.1 Å². The molecule has 0 bridgehead atoms. The Balaban J connectivity index is 2.08. The van der Waals surface area contributed by atoms with Crippen molar-refractivity contribution in [3.63, 3.8) is 0 Å². The number of aryl methyl sites for hydroxylation is 1. The molecule has 0 aromatic heterocycles. The summed E-state index contributed by atoms with van der Waals surface area (Å²) in [6, 6.07) is 6.28. The summed E-state index contributed by atoms with van der Waals surface area (Å²) in [5, 5.41) is 12.7. The Bertz CT molecular complexity index is 683. The van der Waals surface area contributed by atoms with Crippen molar-refractivity contribution in [3.05, 3.63) is 47.5 Å². The predicted octanol–water partition coefficient (Wildman–Crippen LogP) is 1.96. The fraction of sp³-hybridized carbons (Fsp3) is 0.444. The number of hydrogen-bond donors (Lipinski definition) is 3. The third kappa shape index (κ3) is 2.60. The number of carboxylic acid groups (broad SMARTS) is 1. The van der Waals surface area contributed by atoms with E-state index in [2.05, 4.69) is 35.9 Å². The minimum atomic E-state index is -0.833. The SMILES string of the molecule is C=CCC1Cc2c(C)cccc2C1C1(CC(=O)O)CN=C(N)N1. The number of aliphatic imine (C=N–C) groups is 1. The smallest absolute Gasteiger partial charge is 0.305 e. The summed E-state index contributed by atoms with van der Waals surface area (Å²) in [5.41, 5.74) is 9.03. The van der Waals surface area contributed by atoms with Crippen LogP contribution in [0.1, 0.15) is 35.4 Å². The second-order valence-electron chi connectivity index (χ2n) is 6.66. The number of hydrogen-bond acceptors (Lipinski definition) is 4. The molecule has 0 spiro atoms. The van der Waals surface area contributed by atoms with Crippen molar-refractivity contribution in [3.8, 4) is 0 Å². The topological polar surface area (TPSA) is 87.7 Å². The zero-order chi connectivity index (χ0) is 16.6. The Labute approximate surface area is 136 Å². The highest BCUT2D eigenvalue weighted by Gasteiger charge is 2.50. The van der Waals surface area contributed by atoms with Crippen molar-refractivity contribution in [1.82, 2.24) is 5.32 Å². The molecule has 3 rings (SSSR count). The molecule has 4 N–H and O–H groups in total. The van der Waals surface area contributed by atoms with Crippen molar-refractivity contribution in [2.75, 3.05) is 6.54 Å². The van der Waals surface area contributed by atoms with E-state index in [0.717, 1.165) is 12.8 Å². The van der Waals surface area contributed by atoms with Crippen LogP contribution in [0.5, 0.6) is 0 Å². The van der Waals surface area contributed by atoms with Gasteiger partial charge in [-0.2, -0.15) is 0 Å². The molecule has 3 unspecified atom stereocenters. The normalized spacial score (nSPS) is 28.8. The van der Waals surface area contributed by atoms with Gasteiger partial charge in [0.25, 0.3) is 0 Å². The Morgan fingerprint density at radius 3 is 3.00 bits per heavy atom. The number of benzene rings is 1. The predicted molar refractivity (Wildman–Crippen MR) is 90.5 cm³/mol. The van der Waals surface area contributed by atoms with Crippen LogP contribution in [0.25, 0.3) is 0 Å². The van der Waals surface area contributed by atoms with Crippen LogP contribution in [0.4, 0.5) is 0 Å². The fourth-order valence-electron chi connectivity index (χ4n) is 4.33. The quantitative estimate of drug-likeness (QED) is 0.725. The van der Waals surface area contributed by atoms with E-state index < -0.39 is 11.5 Å². The number of fused-ring (bicyclic) bond motifs is 1. The van der Waals surface area contributed by atoms with E-state index in [1.54, 1.807) is 0 Å². The molecule has 0 amide bonds. The second kappa shape index (κ2) is 5.72. The van der Waals surface area contributed by atoms with Crippen LogP contribution in [-0.4, -0.2) is 29.1 Å². The fourth-order valence-corrected chi connectivity index (χ4v) is 4.33. The molecule has 3 atom stereocenters. The van der Waals surface area contributed by atoms with Gasteiger partial charge >= 0.3 is 5.97 Å². The van der Waals surface area contributed by atoms with Crippen molar-refractivity contribution in [2.45, 2.75) is 37.6 Å². The van der Waals surface area contributed by atoms with Crippen molar-refractivity contribution >= 4 is 11.9 Å². The molecule has 1 aliphatic heterocycles. The van der Waals surface area contributed by atoms with E-state index in [1.165, 1.54) is 16.7 Å². The van der Waals surface area contributed by atoms with Crippen molar-refractivity contribution in [2.24, 2.45) is 16.6 Å². The summed E-state index contributed by atoms with van der Waals surface area (Å²) in [6.07, 6.45) is 3.72. The monoisotopic (exact) mass is 313 g/mol. The van der Waals surface area contributed by atoms with Crippen LogP contribution in [0.2, 0.25) is 0 Å². The highest BCUT2D eigenvalue weighted by Crippen LogP contribution is 2.49. The third-order valence-electron chi connectivity index (χ3n) is 5.16. The van der Waals surface area contributed by atoms with Crippen LogP contribution in [-0.2, 0) is 11.2 Å². The zero-order valence-corrected chi connectivity index (χ0v) is 13.4. The van der Waals surface area contributed by atoms with Gasteiger partial charge in [-0.3, -0.25) is 9.79 Å². The number of allylic oxidation sites excluding steroid dienone is 1. The van der Waals surface area contributed by atoms with Gasteiger partial charge in [-0.1, -0.05) is 24.3 Å². The summed E-state index contributed by atoms with van der Waals surface area (Å²) in [4.78, 5) is 15.8. The van der Waals surface area contributed by atoms with Gasteiger partial charge in [0.05, 0.1) is 18.5 Å². The number of nitrogens with zero attached hydrogens (tertiary/aromatic N) is 1. The maximum Gasteiger partial charge on any atom is 0.305 e. The maximum absolute atomic E-state index is 11.5. The van der Waals surface area contributed by atoms with E-state index in [4.69, 9.17) is 5.73 Å². The molecule has 0 saturated heterocycles. The maximum atomic E-state index is 11.5. The number of guanidine groups is 1. The molecule has 1 aromatic rings. The molecular weight excluding hydrogens is 290 g/mol. The summed E-state index contributed by atoms with van der Waals surface area (Å²) in [5.74, 6) is -0.113. The molecule has 122 valence electrons. The summed E-state index contributed by atoms with van der Waals surface area (Å²) in [6.45, 7) is 6.39. The van der Waals surface area contributed by atoms with Gasteiger partial charge in [0.1, 0.15) is 0 Å². The summed E-state index contributed by atoms with van der Waals surface area (Å²) >= 11 is 0. The van der Waals surface area contributed by atoms with Crippen LogP contribution in [0, 0.1) is 12.8 Å². The lowest BCUT2D eigenvalue weighted by molar-refractivity contribution is -0.138. The lowest BCUT2D eigenvalue weighted by Crippen LogP contribution is -2.54. The molecule has 5 nitrogen and oxygen atoms in total. The van der Waals surface area contributed by atoms with Gasteiger partial charge in [0.2, 0.25) is 0 Å². The Morgan fingerprint density at radius 2 is 2.39 bits per heavy atom. The number of rotatable bonds is 5. The van der Waals surface area contributed by atoms with Gasteiger partial charge in [-0.05, 0) is 42.4 Å². The molecule has 0 saturated carbocycles. The largest absolute Gasteiger partial charge is 0.481 e. The van der Waals surface area contributed by atoms with Crippen LogP contribution in [0.3, 0.4) is 0 Å². The first-order valence-electron chi connectivity index (χ1n) is 7.96. The molecule has 5 heteroatoms. The number of nitrogens with one attached hydrogen (secondary N) is 1. The minimum Gasteiger partial charge on any atom is -0.481 e. The molecular formula is C18H23N3O2. The Kier molecular flexibility index (Phi) is 3.88. The zero-order valence-electron chi connectivity index (χ0n) is 13.4. The molecule has 1 aliphatic carbocycles. The first-order chi connectivity index (χ1) is 11.0. The van der Waals surface area contributed by atoms with Gasteiger partial charge in [-0.15, -0.1) is 6.58 Å². The van der Waals surface area contributed by atoms with Gasteiger partial charge in [0, 0.05) is 5.92 Å². The summed E-state index contributed by atoms with van der Waals surface area (Å²) < 4.78 is 0. The average Bonchev–Trinajstić information content (AvgIpc) is 3.01. The summed E-state index contributed by atoms with van der Waals surface area (Å²) in [7, 11) is 0. The third-order valence-corrected chi connectivity index (χ3v) is 5.16. The molecule has 0 fully saturated rings. The number of carboxylic acids is 1. The van der Waals surface area contributed by atoms with E-state index in [9.17, 15) is 9.90 Å². The van der Waals surface area contributed by atoms with E-state index >= 15 is 0 Å². The molecule has 1 aromatic carbocycles. The molecule has 0 radical (unpaired) electrons. The lowest BCUT2D eigenvalue weighted by Gasteiger charge is -2.38. The minimum absolute atomic E-state index is 0.00287. The first kappa shape index (κ1) is 15.6. The number of aliphatic carboxylic acids is 1. The lowest BCUT2D eigenvalue weighted by atomic mass is 9.72. The standard InChI is InChI=1S/C18H23N3O2/c1-3-5-12-8-14-11(2)6-4-7-13(14)16(12)18(9-15(22)23)10-20-17(19)21-18/h3-4,6-7,12,16H,1,5,8-10H2,2H3,(H,22,23)(H3,19,20,21). The highest BCUT2D eigenvalue weighted by molar-refractivity contribution is 5.83.